The van der Waals surface area contributed by atoms with Crippen LogP contribution in [0.5, 0.6) is 0 Å². The van der Waals surface area contributed by atoms with Crippen LogP contribution in [0.1, 0.15) is 135 Å². The standard InChI is InChI=1S/C34H34N6O.C30H36N4OS/c1-8-34(9-2,10-3)29(41)20-23-19-25(40(11-4)12-5)17-18-28(23)39-32-30(24(21-35)22-36)26-15-13-14-16-27(26)31(32)33(37-6)38-7;1-7-30(8-2,9-3)27(35)20-23-19-24(34(10-4)11-5)17-18-25(23)32-28(31-6)29-33-26(21-36-29)22-15-13-12-14-16-22/h13-19H,8-12,20H2,1-5H3;12-19,21H,7-11,20H2,1-5H3. The van der Waals surface area contributed by atoms with Gasteiger partial charge in [-0.3, -0.25) is 9.59 Å². The number of nitrogens with zero attached hydrogens (tertiary/aromatic N) is 10. The maximum atomic E-state index is 13.8. The highest BCUT2D eigenvalue weighted by Gasteiger charge is 2.38. The maximum Gasteiger partial charge on any atom is 0.529 e. The summed E-state index contributed by atoms with van der Waals surface area (Å²) in [5.41, 5.74) is 7.68. The van der Waals surface area contributed by atoms with Gasteiger partial charge in [-0.2, -0.15) is 20.2 Å². The molecule has 0 amide bonds. The molecule has 0 saturated heterocycles. The summed E-state index contributed by atoms with van der Waals surface area (Å²) in [5, 5.41) is 22.3. The van der Waals surface area contributed by atoms with Crippen LogP contribution < -0.4 is 9.80 Å². The van der Waals surface area contributed by atoms with Crippen molar-refractivity contribution in [1.29, 1.82) is 10.5 Å². The molecule has 4 aromatic carbocycles. The Labute approximate surface area is 461 Å². The number of aromatic nitrogens is 1. The zero-order valence-electron chi connectivity index (χ0n) is 46.4. The molecule has 1 aromatic heterocycles. The monoisotopic (exact) mass is 1040 g/mol. The van der Waals surface area contributed by atoms with E-state index in [1.165, 1.54) is 11.3 Å². The maximum absolute atomic E-state index is 13.8. The van der Waals surface area contributed by atoms with Crippen molar-refractivity contribution in [3.63, 3.8) is 0 Å². The Balaban J connectivity index is 0.000000286. The highest BCUT2D eigenvalue weighted by molar-refractivity contribution is 7.12. The number of fused-ring (bicyclic) bond motifs is 1. The predicted molar refractivity (Wildman–Crippen MR) is 316 cm³/mol. The molecule has 0 atom stereocenters. The van der Waals surface area contributed by atoms with E-state index >= 15 is 0 Å². The second-order valence-corrected chi connectivity index (χ2v) is 19.6. The summed E-state index contributed by atoms with van der Waals surface area (Å²) in [5.74, 6) is 0.440. The third-order valence-electron chi connectivity index (χ3n) is 15.5. The summed E-state index contributed by atoms with van der Waals surface area (Å²) < 4.78 is 0. The molecule has 0 aliphatic heterocycles. The Morgan fingerprint density at radius 2 is 1.06 bits per heavy atom. The van der Waals surface area contributed by atoms with Gasteiger partial charge < -0.3 is 14.6 Å². The van der Waals surface area contributed by atoms with Crippen molar-refractivity contribution in [2.75, 3.05) is 36.0 Å². The number of carbonyl (C=O) groups is 2. The zero-order valence-corrected chi connectivity index (χ0v) is 47.2. The fraction of sp³-hybridized carbons (Fsp3) is 0.375. The molecule has 12 nitrogen and oxygen atoms in total. The average Bonchev–Trinajstić information content (AvgIpc) is 4.12. The lowest BCUT2D eigenvalue weighted by atomic mass is 9.74. The van der Waals surface area contributed by atoms with E-state index in [0.717, 1.165) is 98.5 Å². The number of thiazole rings is 1. The van der Waals surface area contributed by atoms with E-state index in [2.05, 4.69) is 83.9 Å². The third kappa shape index (κ3) is 13.0. The van der Waals surface area contributed by atoms with Crippen LogP contribution in [0.2, 0.25) is 0 Å². The van der Waals surface area contributed by atoms with Gasteiger partial charge >= 0.3 is 11.7 Å². The molecule has 0 saturated carbocycles. The lowest BCUT2D eigenvalue weighted by Gasteiger charge is -2.29. The van der Waals surface area contributed by atoms with Gasteiger partial charge in [0.2, 0.25) is 0 Å². The molecule has 77 heavy (non-hydrogen) atoms. The summed E-state index contributed by atoms with van der Waals surface area (Å²) in [6.07, 6.45) is 5.15. The van der Waals surface area contributed by atoms with Gasteiger partial charge in [0, 0.05) is 83.3 Å². The summed E-state index contributed by atoms with van der Waals surface area (Å²) in [4.78, 5) is 56.9. The van der Waals surface area contributed by atoms with Crippen LogP contribution in [-0.4, -0.2) is 54.3 Å². The molecule has 0 bridgehead atoms. The molecule has 0 spiro atoms. The van der Waals surface area contributed by atoms with E-state index in [9.17, 15) is 20.1 Å². The molecule has 394 valence electrons. The lowest BCUT2D eigenvalue weighted by Crippen LogP contribution is -2.30. The van der Waals surface area contributed by atoms with E-state index in [0.29, 0.717) is 45.1 Å². The number of anilines is 2. The molecule has 0 unspecified atom stereocenters. The molecular weight excluding hydrogens is 973 g/mol. The second kappa shape index (κ2) is 28.0. The normalized spacial score (nSPS) is 12.5. The summed E-state index contributed by atoms with van der Waals surface area (Å²) in [7, 11) is 0. The third-order valence-corrected chi connectivity index (χ3v) is 16.3. The van der Waals surface area contributed by atoms with Gasteiger partial charge in [-0.05, 0) is 119 Å². The molecule has 0 radical (unpaired) electrons. The molecule has 1 aliphatic rings. The SMILES string of the molecule is [C-]#[N+]C(=Nc1ccc(N(CC)CC)cc1CC(=O)C(CC)(CC)CC)c1nc(-c2ccccc2)cs1.[C-]#[N+]C([N+]#[C-])=C1C(=Nc2ccc(N(CC)CC)cc2CC(=O)C(CC)(CC)CC)C(=C(C#N)C#N)c2ccccc21. The Bertz CT molecular complexity index is 3150. The van der Waals surface area contributed by atoms with Crippen LogP contribution in [0, 0.1) is 53.2 Å². The molecule has 13 heteroatoms. The van der Waals surface area contributed by atoms with Crippen molar-refractivity contribution in [2.45, 2.75) is 121 Å². The van der Waals surface area contributed by atoms with Gasteiger partial charge in [-0.15, -0.1) is 16.3 Å². The number of hydrogen-bond donors (Lipinski definition) is 0. The summed E-state index contributed by atoms with van der Waals surface area (Å²) >= 11 is 1.42. The summed E-state index contributed by atoms with van der Waals surface area (Å²) in [6.45, 7) is 47.4. The van der Waals surface area contributed by atoms with E-state index in [-0.39, 0.29) is 46.3 Å². The first-order valence-electron chi connectivity index (χ1n) is 26.8. The van der Waals surface area contributed by atoms with Crippen molar-refractivity contribution < 1.29 is 9.59 Å². The molecule has 5 aromatic rings. The number of benzene rings is 4. The Hall–Kier alpha value is -8.28. The average molecular weight is 1040 g/mol. The number of hydrogen-bond acceptors (Lipinski definition) is 10. The fourth-order valence-electron chi connectivity index (χ4n) is 10.3. The zero-order chi connectivity index (χ0) is 56.3. The number of amidine groups is 1. The van der Waals surface area contributed by atoms with Gasteiger partial charge in [0.1, 0.15) is 53.0 Å². The molecule has 6 rings (SSSR count). The number of rotatable bonds is 22. The predicted octanol–water partition coefficient (Wildman–Crippen LogP) is 15.9. The van der Waals surface area contributed by atoms with Gasteiger partial charge in [-0.1, -0.05) is 103 Å². The lowest BCUT2D eigenvalue weighted by molar-refractivity contribution is -0.129. The first kappa shape index (κ1) is 59.6. The van der Waals surface area contributed by atoms with E-state index < -0.39 is 5.41 Å². The highest BCUT2D eigenvalue weighted by atomic mass is 32.1. The van der Waals surface area contributed by atoms with Crippen molar-refractivity contribution in [3.8, 4) is 23.4 Å². The minimum atomic E-state index is -0.439. The smallest absolute Gasteiger partial charge is 0.372 e. The van der Waals surface area contributed by atoms with Crippen LogP contribution in [-0.2, 0) is 22.4 Å². The largest absolute Gasteiger partial charge is 0.529 e. The molecule has 1 aliphatic carbocycles. The Kier molecular flexibility index (Phi) is 21.7. The number of Topliss-reactive ketones (excluding diaryl/α,β-unsaturated/α-hetero) is 2. The first-order chi connectivity index (χ1) is 37.3. The van der Waals surface area contributed by atoms with Gasteiger partial charge in [0.25, 0.3) is 0 Å². The Morgan fingerprint density at radius 1 is 0.610 bits per heavy atom. The molecule has 1 heterocycles. The minimum Gasteiger partial charge on any atom is -0.372 e. The van der Waals surface area contributed by atoms with Crippen molar-refractivity contribution in [3.05, 3.63) is 169 Å². The number of ketones is 2. The van der Waals surface area contributed by atoms with Crippen molar-refractivity contribution >= 4 is 68.3 Å². The van der Waals surface area contributed by atoms with E-state index in [4.69, 9.17) is 29.7 Å². The van der Waals surface area contributed by atoms with E-state index in [1.54, 1.807) is 24.3 Å². The van der Waals surface area contributed by atoms with E-state index in [1.807, 2.05) is 99.0 Å². The molecule has 0 fully saturated rings. The van der Waals surface area contributed by atoms with Gasteiger partial charge in [-0.25, -0.2) is 9.98 Å². The van der Waals surface area contributed by atoms with Crippen LogP contribution in [0.25, 0.3) is 36.9 Å². The number of allylic oxidation sites excluding steroid dienone is 3. The van der Waals surface area contributed by atoms with Crippen molar-refractivity contribution in [2.24, 2.45) is 20.8 Å². The van der Waals surface area contributed by atoms with Gasteiger partial charge in [0.15, 0.2) is 5.69 Å². The fourth-order valence-corrected chi connectivity index (χ4v) is 11.0. The van der Waals surface area contributed by atoms with Crippen LogP contribution in [0.15, 0.2) is 118 Å². The quantitative estimate of drug-likeness (QED) is 0.0291. The minimum absolute atomic E-state index is 0.141. The first-order valence-corrected chi connectivity index (χ1v) is 27.7. The Morgan fingerprint density at radius 3 is 1.51 bits per heavy atom. The number of nitriles is 2. The summed E-state index contributed by atoms with van der Waals surface area (Å²) in [6, 6.07) is 32.8. The van der Waals surface area contributed by atoms with Crippen molar-refractivity contribution in [1.82, 2.24) is 4.98 Å². The number of aliphatic imine (C=N–C) groups is 2. The number of carbonyl (C=O) groups excluding carboxylic acids is 2. The van der Waals surface area contributed by atoms with Crippen LogP contribution in [0.4, 0.5) is 22.7 Å². The molecule has 0 N–H and O–H groups in total. The molecular formula is C64H70N10O2S. The van der Waals surface area contributed by atoms with Gasteiger partial charge in [0.05, 0.1) is 17.1 Å². The van der Waals surface area contributed by atoms with Crippen LogP contribution >= 0.6 is 11.3 Å². The van der Waals surface area contributed by atoms with Crippen LogP contribution in [0.3, 0.4) is 0 Å². The second-order valence-electron chi connectivity index (χ2n) is 18.7. The highest BCUT2D eigenvalue weighted by Crippen LogP contribution is 2.45. The topological polar surface area (TPSA) is 139 Å².